The lowest BCUT2D eigenvalue weighted by Gasteiger charge is -2.28. The predicted molar refractivity (Wildman–Crippen MR) is 73.7 cm³/mol. The number of β-amino-alcohol motifs (C(OH)–C–C–N with tert-alkyl or cyclic N) is 1. The van der Waals surface area contributed by atoms with Gasteiger partial charge >= 0.3 is 0 Å². The number of hydrogen-bond donors (Lipinski definition) is 1. The van der Waals surface area contributed by atoms with E-state index in [0.717, 1.165) is 25.2 Å². The van der Waals surface area contributed by atoms with Crippen molar-refractivity contribution in [1.29, 1.82) is 0 Å². The van der Waals surface area contributed by atoms with Crippen molar-refractivity contribution in [2.45, 2.75) is 44.6 Å². The first-order chi connectivity index (χ1) is 8.83. The Balaban J connectivity index is 1.66. The lowest BCUT2D eigenvalue weighted by molar-refractivity contribution is 0.101. The van der Waals surface area contributed by atoms with E-state index < -0.39 is 0 Å². The van der Waals surface area contributed by atoms with E-state index in [1.165, 1.54) is 49.7 Å². The monoisotopic (exact) mass is 245 g/mol. The molecule has 2 aliphatic rings. The van der Waals surface area contributed by atoms with Crippen molar-refractivity contribution in [3.63, 3.8) is 0 Å². The van der Waals surface area contributed by atoms with Crippen LogP contribution in [0.5, 0.6) is 0 Å². The lowest BCUT2D eigenvalue weighted by Crippen LogP contribution is -2.33. The highest BCUT2D eigenvalue weighted by atomic mass is 16.3. The van der Waals surface area contributed by atoms with Crippen molar-refractivity contribution in [3.8, 4) is 0 Å². The van der Waals surface area contributed by atoms with E-state index >= 15 is 0 Å². The first-order valence-electron chi connectivity index (χ1n) is 7.35. The Hall–Kier alpha value is -0.860. The summed E-state index contributed by atoms with van der Waals surface area (Å²) in [4.78, 5) is 2.40. The smallest absolute Gasteiger partial charge is 0.0917 e. The van der Waals surface area contributed by atoms with Crippen LogP contribution in [-0.4, -0.2) is 29.6 Å². The zero-order valence-corrected chi connectivity index (χ0v) is 11.1. The van der Waals surface area contributed by atoms with Gasteiger partial charge in [0.15, 0.2) is 0 Å². The summed E-state index contributed by atoms with van der Waals surface area (Å²) >= 11 is 0. The van der Waals surface area contributed by atoms with Gasteiger partial charge in [0.25, 0.3) is 0 Å². The number of benzene rings is 1. The van der Waals surface area contributed by atoms with E-state index in [2.05, 4.69) is 23.1 Å². The summed E-state index contributed by atoms with van der Waals surface area (Å²) in [5, 5.41) is 10.4. The van der Waals surface area contributed by atoms with Crippen LogP contribution in [0.3, 0.4) is 0 Å². The van der Waals surface area contributed by atoms with E-state index in [0.29, 0.717) is 0 Å². The minimum atomic E-state index is -0.311. The molecule has 2 heteroatoms. The van der Waals surface area contributed by atoms with Crippen molar-refractivity contribution >= 4 is 0 Å². The summed E-state index contributed by atoms with van der Waals surface area (Å²) < 4.78 is 0. The van der Waals surface area contributed by atoms with Gasteiger partial charge in [-0.3, -0.25) is 0 Å². The second kappa shape index (κ2) is 5.41. The second-order valence-electron chi connectivity index (χ2n) is 5.76. The van der Waals surface area contributed by atoms with E-state index in [1.807, 2.05) is 0 Å². The first-order valence-corrected chi connectivity index (χ1v) is 7.35. The Bertz CT molecular complexity index is 410. The molecule has 1 heterocycles. The van der Waals surface area contributed by atoms with Crippen LogP contribution < -0.4 is 0 Å². The number of rotatable bonds is 3. The number of aliphatic hydroxyl groups excluding tert-OH is 1. The van der Waals surface area contributed by atoms with Gasteiger partial charge in [-0.25, -0.2) is 0 Å². The topological polar surface area (TPSA) is 23.5 Å². The average Bonchev–Trinajstić information content (AvgIpc) is 2.87. The molecule has 1 aliphatic heterocycles. The summed E-state index contributed by atoms with van der Waals surface area (Å²) in [6.45, 7) is 3.11. The van der Waals surface area contributed by atoms with Crippen LogP contribution >= 0.6 is 0 Å². The number of hydrogen-bond acceptors (Lipinski definition) is 2. The van der Waals surface area contributed by atoms with Crippen molar-refractivity contribution in [2.24, 2.45) is 0 Å². The van der Waals surface area contributed by atoms with Crippen molar-refractivity contribution < 1.29 is 5.11 Å². The molecule has 3 rings (SSSR count). The molecule has 0 aromatic heterocycles. The number of nitrogens with zero attached hydrogens (tertiary/aromatic N) is 1. The SMILES string of the molecule is OC(CN1CCCCC1)c1ccc2c(c1)CCC2. The summed E-state index contributed by atoms with van der Waals surface area (Å²) in [5.41, 5.74) is 4.07. The molecule has 1 aliphatic carbocycles. The predicted octanol–water partition coefficient (Wildman–Crippen LogP) is 2.69. The Morgan fingerprint density at radius 3 is 2.61 bits per heavy atom. The molecular weight excluding hydrogens is 222 g/mol. The third-order valence-electron chi connectivity index (χ3n) is 4.39. The van der Waals surface area contributed by atoms with Crippen molar-refractivity contribution in [3.05, 3.63) is 34.9 Å². The third-order valence-corrected chi connectivity index (χ3v) is 4.39. The quantitative estimate of drug-likeness (QED) is 0.885. The summed E-state index contributed by atoms with van der Waals surface area (Å²) in [6.07, 6.45) is 7.31. The Labute approximate surface area is 110 Å². The molecule has 0 bridgehead atoms. The highest BCUT2D eigenvalue weighted by Crippen LogP contribution is 2.26. The maximum absolute atomic E-state index is 10.4. The van der Waals surface area contributed by atoms with Crippen molar-refractivity contribution in [1.82, 2.24) is 4.90 Å². The van der Waals surface area contributed by atoms with Gasteiger partial charge in [0.1, 0.15) is 0 Å². The van der Waals surface area contributed by atoms with Gasteiger partial charge in [0.05, 0.1) is 6.10 Å². The van der Waals surface area contributed by atoms with Crippen LogP contribution in [0, 0.1) is 0 Å². The molecule has 98 valence electrons. The number of likely N-dealkylation sites (tertiary alicyclic amines) is 1. The van der Waals surface area contributed by atoms with E-state index in [4.69, 9.17) is 0 Å². The molecule has 0 spiro atoms. The standard InChI is InChI=1S/C16H23NO/c18-16(12-17-9-2-1-3-10-17)15-8-7-13-5-4-6-14(13)11-15/h7-8,11,16,18H,1-6,9-10,12H2. The van der Waals surface area contributed by atoms with Crippen LogP contribution in [0.1, 0.15) is 48.5 Å². The Kier molecular flexibility index (Phi) is 3.67. The fourth-order valence-electron chi connectivity index (χ4n) is 3.29. The summed E-state index contributed by atoms with van der Waals surface area (Å²) in [5.74, 6) is 0. The van der Waals surface area contributed by atoms with Crippen LogP contribution in [0.25, 0.3) is 0 Å². The fraction of sp³-hybridized carbons (Fsp3) is 0.625. The molecule has 1 saturated heterocycles. The second-order valence-corrected chi connectivity index (χ2v) is 5.76. The molecule has 1 unspecified atom stereocenters. The van der Waals surface area contributed by atoms with E-state index in [9.17, 15) is 5.11 Å². The first kappa shape index (κ1) is 12.2. The molecule has 0 saturated carbocycles. The van der Waals surface area contributed by atoms with Gasteiger partial charge in [-0.05, 0) is 61.9 Å². The van der Waals surface area contributed by atoms with Gasteiger partial charge < -0.3 is 10.0 Å². The number of aliphatic hydroxyl groups is 1. The zero-order chi connectivity index (χ0) is 12.4. The average molecular weight is 245 g/mol. The van der Waals surface area contributed by atoms with E-state index in [1.54, 1.807) is 0 Å². The summed E-state index contributed by atoms with van der Waals surface area (Å²) in [6, 6.07) is 6.58. The van der Waals surface area contributed by atoms with Crippen LogP contribution in [0.2, 0.25) is 0 Å². The third kappa shape index (κ3) is 2.60. The maximum Gasteiger partial charge on any atom is 0.0917 e. The molecule has 1 aromatic rings. The van der Waals surface area contributed by atoms with Gasteiger partial charge in [0.2, 0.25) is 0 Å². The molecule has 1 fully saturated rings. The van der Waals surface area contributed by atoms with Gasteiger partial charge in [-0.2, -0.15) is 0 Å². The van der Waals surface area contributed by atoms with Gasteiger partial charge in [-0.1, -0.05) is 24.6 Å². The molecule has 1 N–H and O–H groups in total. The summed E-state index contributed by atoms with van der Waals surface area (Å²) in [7, 11) is 0. The van der Waals surface area contributed by atoms with Crippen LogP contribution in [0.15, 0.2) is 18.2 Å². The molecule has 2 nitrogen and oxygen atoms in total. The minimum Gasteiger partial charge on any atom is -0.387 e. The largest absolute Gasteiger partial charge is 0.387 e. The zero-order valence-electron chi connectivity index (χ0n) is 11.1. The lowest BCUT2D eigenvalue weighted by atomic mass is 10.0. The van der Waals surface area contributed by atoms with E-state index in [-0.39, 0.29) is 6.10 Å². The molecule has 1 atom stereocenters. The fourth-order valence-corrected chi connectivity index (χ4v) is 3.29. The Morgan fingerprint density at radius 2 is 1.78 bits per heavy atom. The van der Waals surface area contributed by atoms with Gasteiger partial charge in [-0.15, -0.1) is 0 Å². The van der Waals surface area contributed by atoms with Crippen molar-refractivity contribution in [2.75, 3.05) is 19.6 Å². The minimum absolute atomic E-state index is 0.311. The number of fused-ring (bicyclic) bond motifs is 1. The van der Waals surface area contributed by atoms with Crippen LogP contribution in [-0.2, 0) is 12.8 Å². The Morgan fingerprint density at radius 1 is 1.00 bits per heavy atom. The van der Waals surface area contributed by atoms with Gasteiger partial charge in [0, 0.05) is 6.54 Å². The molecule has 18 heavy (non-hydrogen) atoms. The highest BCUT2D eigenvalue weighted by molar-refractivity contribution is 5.36. The normalized spacial score (nSPS) is 21.8. The molecule has 1 aromatic carbocycles. The molecule has 0 radical (unpaired) electrons. The van der Waals surface area contributed by atoms with Crippen LogP contribution in [0.4, 0.5) is 0 Å². The molecular formula is C16H23NO. The number of aryl methyl sites for hydroxylation is 2. The maximum atomic E-state index is 10.4. The number of piperidine rings is 1. The molecule has 0 amide bonds. The highest BCUT2D eigenvalue weighted by Gasteiger charge is 2.18.